The number of carboxylic acid groups (broad SMARTS) is 1. The number of carbonyl (C=O) groups is 2. The van der Waals surface area contributed by atoms with Gasteiger partial charge in [0.1, 0.15) is 0 Å². The van der Waals surface area contributed by atoms with Crippen LogP contribution in [0.3, 0.4) is 0 Å². The van der Waals surface area contributed by atoms with Gasteiger partial charge in [-0.3, -0.25) is 4.79 Å². The molecule has 0 aliphatic heterocycles. The van der Waals surface area contributed by atoms with Gasteiger partial charge in [0, 0.05) is 22.9 Å². The zero-order valence-corrected chi connectivity index (χ0v) is 10.9. The van der Waals surface area contributed by atoms with Crippen molar-refractivity contribution in [1.82, 2.24) is 5.32 Å². The number of thiophene rings is 1. The van der Waals surface area contributed by atoms with Gasteiger partial charge in [0.15, 0.2) is 0 Å². The Morgan fingerprint density at radius 1 is 1.56 bits per heavy atom. The number of amides is 1. The Morgan fingerprint density at radius 3 is 2.89 bits per heavy atom. The van der Waals surface area contributed by atoms with Gasteiger partial charge in [-0.2, -0.15) is 0 Å². The standard InChI is InChI=1S/C13H15NO3S/c1-13(4-5-13)8-14-12(17)9-6-10(18-7-9)2-3-11(15)16/h2-3,6-7H,4-5,8H2,1H3,(H,14,17)(H,15,16)/b3-2+. The zero-order valence-electron chi connectivity index (χ0n) is 10.1. The fourth-order valence-electron chi connectivity index (χ4n) is 1.50. The quantitative estimate of drug-likeness (QED) is 0.803. The van der Waals surface area contributed by atoms with Crippen molar-refractivity contribution in [3.8, 4) is 0 Å². The van der Waals surface area contributed by atoms with Crippen LogP contribution in [0.15, 0.2) is 17.5 Å². The summed E-state index contributed by atoms with van der Waals surface area (Å²) < 4.78 is 0. The maximum Gasteiger partial charge on any atom is 0.328 e. The van der Waals surface area contributed by atoms with E-state index in [4.69, 9.17) is 5.11 Å². The third-order valence-corrected chi connectivity index (χ3v) is 3.95. The number of aliphatic carboxylic acids is 1. The molecule has 5 heteroatoms. The van der Waals surface area contributed by atoms with Crippen LogP contribution in [0.4, 0.5) is 0 Å². The lowest BCUT2D eigenvalue weighted by molar-refractivity contribution is -0.131. The van der Waals surface area contributed by atoms with E-state index >= 15 is 0 Å². The molecule has 0 saturated heterocycles. The SMILES string of the molecule is CC1(CNC(=O)c2csc(/C=C/C(=O)O)c2)CC1. The maximum atomic E-state index is 11.8. The second kappa shape index (κ2) is 4.94. The number of carbonyl (C=O) groups excluding carboxylic acids is 1. The Kier molecular flexibility index (Phi) is 3.52. The van der Waals surface area contributed by atoms with Crippen molar-refractivity contribution < 1.29 is 14.7 Å². The van der Waals surface area contributed by atoms with E-state index in [-0.39, 0.29) is 11.3 Å². The van der Waals surface area contributed by atoms with Crippen LogP contribution in [0.5, 0.6) is 0 Å². The third kappa shape index (κ3) is 3.43. The topological polar surface area (TPSA) is 66.4 Å². The molecule has 2 rings (SSSR count). The van der Waals surface area contributed by atoms with Crippen molar-refractivity contribution in [2.45, 2.75) is 19.8 Å². The summed E-state index contributed by atoms with van der Waals surface area (Å²) >= 11 is 1.36. The first-order valence-corrected chi connectivity index (χ1v) is 6.64. The van der Waals surface area contributed by atoms with E-state index in [2.05, 4.69) is 12.2 Å². The molecular formula is C13H15NO3S. The first kappa shape index (κ1) is 12.8. The first-order chi connectivity index (χ1) is 8.48. The predicted octanol–water partition coefficient (Wildman–Crippen LogP) is 2.38. The summed E-state index contributed by atoms with van der Waals surface area (Å²) in [5, 5.41) is 13.2. The predicted molar refractivity (Wildman–Crippen MR) is 70.7 cm³/mol. The van der Waals surface area contributed by atoms with Gasteiger partial charge < -0.3 is 10.4 Å². The molecule has 1 amide bonds. The summed E-state index contributed by atoms with van der Waals surface area (Å²) in [5.74, 6) is -1.08. The number of hydrogen-bond donors (Lipinski definition) is 2. The molecule has 1 fully saturated rings. The van der Waals surface area contributed by atoms with E-state index in [1.807, 2.05) is 0 Å². The molecule has 96 valence electrons. The van der Waals surface area contributed by atoms with Gasteiger partial charge in [0.25, 0.3) is 5.91 Å². The van der Waals surface area contributed by atoms with Crippen LogP contribution in [0.2, 0.25) is 0 Å². The summed E-state index contributed by atoms with van der Waals surface area (Å²) in [4.78, 5) is 23.0. The molecule has 1 heterocycles. The van der Waals surface area contributed by atoms with Gasteiger partial charge in [-0.25, -0.2) is 4.79 Å². The molecule has 1 aromatic rings. The number of nitrogens with one attached hydrogen (secondary N) is 1. The Labute approximate surface area is 109 Å². The van der Waals surface area contributed by atoms with Crippen molar-refractivity contribution in [1.29, 1.82) is 0 Å². The Hall–Kier alpha value is -1.62. The van der Waals surface area contributed by atoms with Crippen LogP contribution in [0.1, 0.15) is 35.0 Å². The van der Waals surface area contributed by atoms with E-state index in [9.17, 15) is 9.59 Å². The first-order valence-electron chi connectivity index (χ1n) is 5.76. The molecule has 2 N–H and O–H groups in total. The Balaban J connectivity index is 1.92. The largest absolute Gasteiger partial charge is 0.478 e. The fraction of sp³-hybridized carbons (Fsp3) is 0.385. The highest BCUT2D eigenvalue weighted by molar-refractivity contribution is 7.11. The highest BCUT2D eigenvalue weighted by Gasteiger charge is 2.37. The van der Waals surface area contributed by atoms with Crippen LogP contribution in [0.25, 0.3) is 6.08 Å². The molecule has 18 heavy (non-hydrogen) atoms. The zero-order chi connectivity index (χ0) is 13.2. The second-order valence-corrected chi connectivity index (χ2v) is 5.85. The van der Waals surface area contributed by atoms with Crippen LogP contribution in [0, 0.1) is 5.41 Å². The van der Waals surface area contributed by atoms with Crippen molar-refractivity contribution in [3.05, 3.63) is 28.0 Å². The smallest absolute Gasteiger partial charge is 0.328 e. The summed E-state index contributed by atoms with van der Waals surface area (Å²) in [6.07, 6.45) is 4.90. The van der Waals surface area contributed by atoms with E-state index < -0.39 is 5.97 Å². The normalized spacial score (nSPS) is 16.7. The molecule has 1 saturated carbocycles. The minimum atomic E-state index is -0.990. The van der Waals surface area contributed by atoms with Crippen LogP contribution in [-0.2, 0) is 4.79 Å². The van der Waals surface area contributed by atoms with Gasteiger partial charge in [0.2, 0.25) is 0 Å². The maximum absolute atomic E-state index is 11.8. The van der Waals surface area contributed by atoms with Crippen LogP contribution >= 0.6 is 11.3 Å². The van der Waals surface area contributed by atoms with Crippen LogP contribution in [-0.4, -0.2) is 23.5 Å². The van der Waals surface area contributed by atoms with Gasteiger partial charge in [0.05, 0.1) is 5.56 Å². The van der Waals surface area contributed by atoms with E-state index in [1.54, 1.807) is 11.4 Å². The molecular weight excluding hydrogens is 250 g/mol. The number of hydrogen-bond acceptors (Lipinski definition) is 3. The molecule has 0 atom stereocenters. The lowest BCUT2D eigenvalue weighted by Gasteiger charge is -2.08. The highest BCUT2D eigenvalue weighted by Crippen LogP contribution is 2.44. The lowest BCUT2D eigenvalue weighted by atomic mass is 10.1. The summed E-state index contributed by atoms with van der Waals surface area (Å²) in [6, 6.07) is 1.70. The van der Waals surface area contributed by atoms with Crippen LogP contribution < -0.4 is 5.32 Å². The summed E-state index contributed by atoms with van der Waals surface area (Å²) in [5.41, 5.74) is 0.881. The molecule has 1 aliphatic rings. The van der Waals surface area contributed by atoms with Gasteiger partial charge >= 0.3 is 5.97 Å². The average Bonchev–Trinajstić information content (AvgIpc) is 2.89. The number of carboxylic acids is 1. The van der Waals surface area contributed by atoms with E-state index in [0.29, 0.717) is 12.1 Å². The molecule has 1 aromatic heterocycles. The molecule has 4 nitrogen and oxygen atoms in total. The molecule has 0 radical (unpaired) electrons. The van der Waals surface area contributed by atoms with Crippen molar-refractivity contribution in [2.75, 3.05) is 6.54 Å². The van der Waals surface area contributed by atoms with Crippen molar-refractivity contribution >= 4 is 29.3 Å². The molecule has 0 unspecified atom stereocenters. The van der Waals surface area contributed by atoms with E-state index in [0.717, 1.165) is 11.0 Å². The van der Waals surface area contributed by atoms with Gasteiger partial charge in [-0.1, -0.05) is 6.92 Å². The highest BCUT2D eigenvalue weighted by atomic mass is 32.1. The minimum absolute atomic E-state index is 0.0886. The fourth-order valence-corrected chi connectivity index (χ4v) is 2.28. The Bertz CT molecular complexity index is 500. The second-order valence-electron chi connectivity index (χ2n) is 4.90. The van der Waals surface area contributed by atoms with Crippen molar-refractivity contribution in [2.24, 2.45) is 5.41 Å². The van der Waals surface area contributed by atoms with Crippen molar-refractivity contribution in [3.63, 3.8) is 0 Å². The molecule has 0 spiro atoms. The third-order valence-electron chi connectivity index (χ3n) is 3.05. The molecule has 0 bridgehead atoms. The van der Waals surface area contributed by atoms with Gasteiger partial charge in [-0.15, -0.1) is 11.3 Å². The lowest BCUT2D eigenvalue weighted by Crippen LogP contribution is -2.28. The minimum Gasteiger partial charge on any atom is -0.478 e. The molecule has 1 aliphatic carbocycles. The summed E-state index contributed by atoms with van der Waals surface area (Å²) in [7, 11) is 0. The molecule has 0 aromatic carbocycles. The summed E-state index contributed by atoms with van der Waals surface area (Å²) in [6.45, 7) is 2.86. The number of rotatable bonds is 5. The van der Waals surface area contributed by atoms with Gasteiger partial charge in [-0.05, 0) is 30.4 Å². The van der Waals surface area contributed by atoms with E-state index in [1.165, 1.54) is 30.3 Å². The Morgan fingerprint density at radius 2 is 2.28 bits per heavy atom. The monoisotopic (exact) mass is 265 g/mol. The average molecular weight is 265 g/mol.